The molecular formula is C32H32F3N2O2+. The molecule has 3 aromatic carbocycles. The number of carboxylic acid groups (broad SMARTS) is 1. The number of nitrogens with two attached hydrogens (primary N) is 1. The van der Waals surface area contributed by atoms with E-state index in [4.69, 9.17) is 5.11 Å². The van der Waals surface area contributed by atoms with Crippen LogP contribution in [0.5, 0.6) is 0 Å². The van der Waals surface area contributed by atoms with Crippen LogP contribution in [0.25, 0.3) is 11.6 Å². The molecule has 4 rings (SSSR count). The van der Waals surface area contributed by atoms with Crippen LogP contribution in [0.4, 0.5) is 18.9 Å². The van der Waals surface area contributed by atoms with Gasteiger partial charge in [0.1, 0.15) is 6.20 Å². The fourth-order valence-corrected chi connectivity index (χ4v) is 5.23. The maximum absolute atomic E-state index is 12.9. The molecular weight excluding hydrogens is 501 g/mol. The van der Waals surface area contributed by atoms with Crippen molar-refractivity contribution < 1.29 is 28.4 Å². The summed E-state index contributed by atoms with van der Waals surface area (Å²) in [7, 11) is 1.97. The summed E-state index contributed by atoms with van der Waals surface area (Å²) in [5.74, 6) is -1.02. The van der Waals surface area contributed by atoms with Gasteiger partial charge in [-0.05, 0) is 64.9 Å². The Hall–Kier alpha value is -4.10. The summed E-state index contributed by atoms with van der Waals surface area (Å²) in [6.07, 6.45) is 2.05. The zero-order valence-corrected chi connectivity index (χ0v) is 22.0. The predicted molar refractivity (Wildman–Crippen MR) is 149 cm³/mol. The Bertz CT molecular complexity index is 1390. The van der Waals surface area contributed by atoms with E-state index in [1.54, 1.807) is 30.3 Å². The van der Waals surface area contributed by atoms with Crippen molar-refractivity contribution in [1.29, 1.82) is 0 Å². The standard InChI is InChI=1S/C32H31F3N2O2/c1-4-24(20-36-3)26-12-15-29-27(18-26)17-21(2)37(28-13-7-23(8-14-28)19-32(33,34)35)31(29)25-10-5-22(6-11-25)9-16-30(38)39/h4-16,18,20-21,31,36H,1,17,19H2,2-3H3,(H,38,39)/p+1/b16-9+,24-20+. The molecule has 3 N–H and O–H groups in total. The number of carboxylic acids is 1. The average Bonchev–Trinajstić information content (AvgIpc) is 2.89. The lowest BCUT2D eigenvalue weighted by Gasteiger charge is -2.44. The molecule has 2 atom stereocenters. The fourth-order valence-electron chi connectivity index (χ4n) is 5.23. The smallest absolute Gasteiger partial charge is 0.393 e. The summed E-state index contributed by atoms with van der Waals surface area (Å²) in [5, 5.41) is 10.9. The highest BCUT2D eigenvalue weighted by atomic mass is 19.4. The lowest BCUT2D eigenvalue weighted by atomic mass is 9.83. The van der Waals surface area contributed by atoms with Gasteiger partial charge in [-0.2, -0.15) is 13.2 Å². The van der Waals surface area contributed by atoms with Gasteiger partial charge in [0.15, 0.2) is 0 Å². The maximum Gasteiger partial charge on any atom is 0.393 e. The first-order chi connectivity index (χ1) is 18.6. The van der Waals surface area contributed by atoms with Crippen LogP contribution in [-0.2, 0) is 17.6 Å². The Morgan fingerprint density at radius 2 is 1.79 bits per heavy atom. The molecule has 0 saturated heterocycles. The van der Waals surface area contributed by atoms with Crippen LogP contribution in [0, 0.1) is 0 Å². The van der Waals surface area contributed by atoms with E-state index in [1.807, 2.05) is 48.9 Å². The molecule has 0 aliphatic carbocycles. The molecule has 2 unspecified atom stereocenters. The summed E-state index contributed by atoms with van der Waals surface area (Å²) < 4.78 is 38.8. The third kappa shape index (κ3) is 6.67. The first kappa shape index (κ1) is 27.9. The highest BCUT2D eigenvalue weighted by Gasteiger charge is 2.34. The van der Waals surface area contributed by atoms with E-state index in [0.717, 1.165) is 46.0 Å². The molecule has 1 aliphatic rings. The van der Waals surface area contributed by atoms with Crippen LogP contribution in [0.3, 0.4) is 0 Å². The number of allylic oxidation sites excluding steroid dienone is 2. The Balaban J connectivity index is 1.80. The fraction of sp³-hybridized carbons (Fsp3) is 0.219. The maximum atomic E-state index is 12.9. The molecule has 3 aromatic rings. The number of quaternary nitrogens is 1. The Kier molecular flexibility index (Phi) is 8.41. The normalized spacial score (nSPS) is 17.8. The SMILES string of the molecule is C=C/C(=C\[NH2+]C)c1ccc2c(c1)CC(C)N(c1ccc(CC(F)(F)F)cc1)C2c1ccc(/C=C/C(=O)O)cc1. The molecule has 1 heterocycles. The number of aliphatic carboxylic acids is 1. The molecule has 0 radical (unpaired) electrons. The number of benzene rings is 3. The predicted octanol–water partition coefficient (Wildman–Crippen LogP) is 6.15. The first-order valence-electron chi connectivity index (χ1n) is 12.8. The monoisotopic (exact) mass is 533 g/mol. The van der Waals surface area contributed by atoms with Crippen molar-refractivity contribution >= 4 is 23.3 Å². The topological polar surface area (TPSA) is 57.2 Å². The van der Waals surface area contributed by atoms with Gasteiger partial charge >= 0.3 is 12.1 Å². The van der Waals surface area contributed by atoms with Crippen LogP contribution < -0.4 is 10.2 Å². The minimum atomic E-state index is -4.26. The summed E-state index contributed by atoms with van der Waals surface area (Å²) in [6, 6.07) is 20.6. The quantitative estimate of drug-likeness (QED) is 0.270. The van der Waals surface area contributed by atoms with Gasteiger partial charge in [0, 0.05) is 23.4 Å². The largest absolute Gasteiger partial charge is 0.478 e. The number of nitrogens with zero attached hydrogens (tertiary/aromatic N) is 1. The number of carbonyl (C=O) groups is 1. The van der Waals surface area contributed by atoms with E-state index in [2.05, 4.69) is 36.6 Å². The molecule has 0 bridgehead atoms. The van der Waals surface area contributed by atoms with E-state index >= 15 is 0 Å². The van der Waals surface area contributed by atoms with Crippen LogP contribution >= 0.6 is 0 Å². The number of rotatable bonds is 8. The molecule has 0 saturated carbocycles. The van der Waals surface area contributed by atoms with E-state index in [1.165, 1.54) is 5.56 Å². The highest BCUT2D eigenvalue weighted by molar-refractivity contribution is 5.85. The molecule has 0 amide bonds. The Labute approximate surface area is 226 Å². The number of hydrogen-bond acceptors (Lipinski definition) is 2. The van der Waals surface area contributed by atoms with Crippen LogP contribution in [-0.4, -0.2) is 30.3 Å². The molecule has 7 heteroatoms. The summed E-state index contributed by atoms with van der Waals surface area (Å²) in [4.78, 5) is 13.2. The van der Waals surface area contributed by atoms with Crippen molar-refractivity contribution in [2.75, 3.05) is 11.9 Å². The second-order valence-corrected chi connectivity index (χ2v) is 9.73. The number of hydrogen-bond donors (Lipinski definition) is 2. The molecule has 1 aliphatic heterocycles. The van der Waals surface area contributed by atoms with Crippen molar-refractivity contribution in [2.24, 2.45) is 0 Å². The molecule has 0 fully saturated rings. The van der Waals surface area contributed by atoms with E-state index in [0.29, 0.717) is 0 Å². The van der Waals surface area contributed by atoms with Crippen molar-refractivity contribution in [3.05, 3.63) is 125 Å². The van der Waals surface area contributed by atoms with Crippen molar-refractivity contribution in [2.45, 2.75) is 38.0 Å². The lowest BCUT2D eigenvalue weighted by molar-refractivity contribution is -0.555. The molecule has 4 nitrogen and oxygen atoms in total. The third-order valence-electron chi connectivity index (χ3n) is 6.92. The van der Waals surface area contributed by atoms with Gasteiger partial charge in [0.2, 0.25) is 0 Å². The van der Waals surface area contributed by atoms with Gasteiger partial charge < -0.3 is 15.3 Å². The molecule has 0 spiro atoms. The van der Waals surface area contributed by atoms with Crippen LogP contribution in [0.2, 0.25) is 0 Å². The van der Waals surface area contributed by atoms with Crippen molar-refractivity contribution in [3.8, 4) is 0 Å². The van der Waals surface area contributed by atoms with Gasteiger partial charge in [0.05, 0.1) is 19.5 Å². The molecule has 202 valence electrons. The minimum Gasteiger partial charge on any atom is -0.478 e. The van der Waals surface area contributed by atoms with Gasteiger partial charge in [0.25, 0.3) is 0 Å². The van der Waals surface area contributed by atoms with Crippen molar-refractivity contribution in [1.82, 2.24) is 0 Å². The minimum absolute atomic E-state index is 0.0618. The first-order valence-corrected chi connectivity index (χ1v) is 12.8. The summed E-state index contributed by atoms with van der Waals surface area (Å²) in [5.41, 5.74) is 7.26. The van der Waals surface area contributed by atoms with Crippen LogP contribution in [0.15, 0.2) is 91.7 Å². The number of alkyl halides is 3. The Morgan fingerprint density at radius 3 is 2.38 bits per heavy atom. The summed E-state index contributed by atoms with van der Waals surface area (Å²) >= 11 is 0. The highest BCUT2D eigenvalue weighted by Crippen LogP contribution is 2.42. The van der Waals surface area contributed by atoms with E-state index in [9.17, 15) is 18.0 Å². The number of halogens is 3. The zero-order valence-electron chi connectivity index (χ0n) is 22.0. The second-order valence-electron chi connectivity index (χ2n) is 9.73. The van der Waals surface area contributed by atoms with Gasteiger partial charge in [-0.3, -0.25) is 0 Å². The van der Waals surface area contributed by atoms with Crippen molar-refractivity contribution in [3.63, 3.8) is 0 Å². The average molecular weight is 534 g/mol. The Morgan fingerprint density at radius 1 is 1.10 bits per heavy atom. The lowest BCUT2D eigenvalue weighted by Crippen LogP contribution is -2.72. The van der Waals surface area contributed by atoms with Crippen LogP contribution in [0.1, 0.15) is 46.3 Å². The van der Waals surface area contributed by atoms with Gasteiger partial charge in [-0.25, -0.2) is 4.79 Å². The van der Waals surface area contributed by atoms with Gasteiger partial charge in [-0.15, -0.1) is 0 Å². The second kappa shape index (κ2) is 11.7. The van der Waals surface area contributed by atoms with E-state index in [-0.39, 0.29) is 17.6 Å². The summed E-state index contributed by atoms with van der Waals surface area (Å²) in [6.45, 7) is 6.08. The molecule has 0 aromatic heterocycles. The van der Waals surface area contributed by atoms with Gasteiger partial charge in [-0.1, -0.05) is 67.3 Å². The zero-order chi connectivity index (χ0) is 28.2. The number of anilines is 1. The molecule has 39 heavy (non-hydrogen) atoms. The third-order valence-corrected chi connectivity index (χ3v) is 6.92. The number of fused-ring (bicyclic) bond motifs is 1. The van der Waals surface area contributed by atoms with E-state index < -0.39 is 18.6 Å².